The number of benzene rings is 1. The summed E-state index contributed by atoms with van der Waals surface area (Å²) in [7, 11) is 0. The largest absolute Gasteiger partial charge is 0.493 e. The third-order valence-corrected chi connectivity index (χ3v) is 3.55. The smallest absolute Gasteiger partial charge is 0.125 e. The Kier molecular flexibility index (Phi) is 5.97. The van der Waals surface area contributed by atoms with Crippen molar-refractivity contribution in [3.63, 3.8) is 0 Å². The van der Waals surface area contributed by atoms with E-state index in [4.69, 9.17) is 22.1 Å². The van der Waals surface area contributed by atoms with E-state index in [2.05, 4.69) is 6.92 Å². The van der Waals surface area contributed by atoms with E-state index in [0.717, 1.165) is 41.2 Å². The van der Waals surface area contributed by atoms with E-state index in [9.17, 15) is 0 Å². The molecule has 1 unspecified atom stereocenters. The number of hydrogen-bond acceptors (Lipinski definition) is 2. The van der Waals surface area contributed by atoms with Crippen LogP contribution in [0.5, 0.6) is 5.75 Å². The van der Waals surface area contributed by atoms with Crippen LogP contribution < -0.4 is 10.5 Å². The molecular weight excluding hydrogens is 246 g/mol. The summed E-state index contributed by atoms with van der Waals surface area (Å²) in [6.45, 7) is 8.84. The van der Waals surface area contributed by atoms with Crippen molar-refractivity contribution in [2.75, 3.05) is 6.61 Å². The summed E-state index contributed by atoms with van der Waals surface area (Å²) in [5, 5.41) is 0.826. The summed E-state index contributed by atoms with van der Waals surface area (Å²) in [4.78, 5) is 0. The Morgan fingerprint density at radius 2 is 2.06 bits per heavy atom. The van der Waals surface area contributed by atoms with Crippen LogP contribution in [-0.2, 0) is 6.42 Å². The molecular formula is C15H24ClNO. The fraction of sp³-hybridized carbons (Fsp3) is 0.600. The average molecular weight is 270 g/mol. The van der Waals surface area contributed by atoms with Gasteiger partial charge in [0, 0.05) is 11.1 Å². The van der Waals surface area contributed by atoms with Crippen LogP contribution in [0.2, 0.25) is 5.02 Å². The van der Waals surface area contributed by atoms with Crippen LogP contribution in [0.25, 0.3) is 0 Å². The minimum Gasteiger partial charge on any atom is -0.493 e. The summed E-state index contributed by atoms with van der Waals surface area (Å²) in [6.07, 6.45) is 3.07. The molecule has 0 saturated heterocycles. The third-order valence-electron chi connectivity index (χ3n) is 3.16. The van der Waals surface area contributed by atoms with E-state index in [1.807, 2.05) is 26.8 Å². The first-order valence-electron chi connectivity index (χ1n) is 6.64. The van der Waals surface area contributed by atoms with Gasteiger partial charge >= 0.3 is 0 Å². The van der Waals surface area contributed by atoms with Crippen molar-refractivity contribution in [2.24, 2.45) is 5.73 Å². The Balaban J connectivity index is 2.97. The highest BCUT2D eigenvalue weighted by atomic mass is 35.5. The van der Waals surface area contributed by atoms with Gasteiger partial charge in [0.05, 0.1) is 6.61 Å². The molecule has 3 heteroatoms. The Hall–Kier alpha value is -0.730. The van der Waals surface area contributed by atoms with Crippen molar-refractivity contribution >= 4 is 11.6 Å². The predicted molar refractivity (Wildman–Crippen MR) is 78.7 cm³/mol. The fourth-order valence-electron chi connectivity index (χ4n) is 2.16. The van der Waals surface area contributed by atoms with E-state index >= 15 is 0 Å². The van der Waals surface area contributed by atoms with Crippen LogP contribution in [0.15, 0.2) is 6.07 Å². The molecule has 0 aliphatic carbocycles. The maximum Gasteiger partial charge on any atom is 0.125 e. The molecule has 0 saturated carbocycles. The molecule has 0 radical (unpaired) electrons. The summed E-state index contributed by atoms with van der Waals surface area (Å²) >= 11 is 6.25. The molecule has 0 amide bonds. The number of aryl methyl sites for hydroxylation is 1. The van der Waals surface area contributed by atoms with Gasteiger partial charge in [-0.05, 0) is 69.7 Å². The highest BCUT2D eigenvalue weighted by molar-refractivity contribution is 6.31. The molecule has 2 N–H and O–H groups in total. The van der Waals surface area contributed by atoms with Crippen LogP contribution >= 0.6 is 11.6 Å². The van der Waals surface area contributed by atoms with Gasteiger partial charge in [-0.15, -0.1) is 0 Å². The van der Waals surface area contributed by atoms with Gasteiger partial charge in [0.1, 0.15) is 5.75 Å². The average Bonchev–Trinajstić information content (AvgIpc) is 2.29. The van der Waals surface area contributed by atoms with Gasteiger partial charge in [-0.3, -0.25) is 0 Å². The minimum atomic E-state index is 0.251. The van der Waals surface area contributed by atoms with Gasteiger partial charge in [-0.1, -0.05) is 11.6 Å². The van der Waals surface area contributed by atoms with Gasteiger partial charge in [-0.25, -0.2) is 0 Å². The molecule has 1 rings (SSSR count). The normalized spacial score (nSPS) is 12.6. The maximum atomic E-state index is 6.25. The highest BCUT2D eigenvalue weighted by Gasteiger charge is 2.13. The Labute approximate surface area is 115 Å². The number of halogens is 1. The van der Waals surface area contributed by atoms with Crippen molar-refractivity contribution in [2.45, 2.75) is 53.0 Å². The number of hydrogen-bond donors (Lipinski definition) is 1. The van der Waals surface area contributed by atoms with Gasteiger partial charge in [0.15, 0.2) is 0 Å². The molecule has 18 heavy (non-hydrogen) atoms. The van der Waals surface area contributed by atoms with Gasteiger partial charge in [0.25, 0.3) is 0 Å². The van der Waals surface area contributed by atoms with E-state index in [1.54, 1.807) is 0 Å². The number of rotatable bonds is 6. The third kappa shape index (κ3) is 3.89. The molecule has 0 spiro atoms. The molecule has 0 aliphatic rings. The zero-order valence-electron chi connectivity index (χ0n) is 11.8. The van der Waals surface area contributed by atoms with Crippen molar-refractivity contribution in [1.29, 1.82) is 0 Å². The van der Waals surface area contributed by atoms with Crippen LogP contribution in [0.1, 0.15) is 43.4 Å². The molecule has 0 heterocycles. The van der Waals surface area contributed by atoms with E-state index in [0.29, 0.717) is 6.61 Å². The lowest BCUT2D eigenvalue weighted by Crippen LogP contribution is -2.14. The quantitative estimate of drug-likeness (QED) is 0.846. The summed E-state index contributed by atoms with van der Waals surface area (Å²) in [5.74, 6) is 1.00. The topological polar surface area (TPSA) is 35.2 Å². The van der Waals surface area contributed by atoms with Gasteiger partial charge in [0.2, 0.25) is 0 Å². The Morgan fingerprint density at radius 3 is 2.61 bits per heavy atom. The SMILES string of the molecule is CCOc1c(C)cc(Cl)c(C)c1CCCC(C)N. The first kappa shape index (κ1) is 15.3. The Bertz CT molecular complexity index is 402. The minimum absolute atomic E-state index is 0.251. The lowest BCUT2D eigenvalue weighted by Gasteiger charge is -2.17. The molecule has 0 aromatic heterocycles. The summed E-state index contributed by atoms with van der Waals surface area (Å²) in [5.41, 5.74) is 9.28. The molecule has 0 fully saturated rings. The molecule has 0 aliphatic heterocycles. The molecule has 0 bridgehead atoms. The second-order valence-electron chi connectivity index (χ2n) is 4.91. The Morgan fingerprint density at radius 1 is 1.39 bits per heavy atom. The van der Waals surface area contributed by atoms with Gasteiger partial charge < -0.3 is 10.5 Å². The molecule has 1 aromatic carbocycles. The lowest BCUT2D eigenvalue weighted by molar-refractivity contribution is 0.333. The van der Waals surface area contributed by atoms with Crippen molar-refractivity contribution in [1.82, 2.24) is 0 Å². The van der Waals surface area contributed by atoms with Crippen molar-refractivity contribution < 1.29 is 4.74 Å². The fourth-order valence-corrected chi connectivity index (χ4v) is 2.44. The van der Waals surface area contributed by atoms with E-state index in [-0.39, 0.29) is 6.04 Å². The standard InChI is InChI=1S/C15H24ClNO/c1-5-18-15-10(2)9-14(16)12(4)13(15)8-6-7-11(3)17/h9,11H,5-8,17H2,1-4H3. The second kappa shape index (κ2) is 7.01. The molecule has 1 atom stereocenters. The van der Waals surface area contributed by atoms with E-state index in [1.165, 1.54) is 5.56 Å². The van der Waals surface area contributed by atoms with Crippen LogP contribution in [0, 0.1) is 13.8 Å². The highest BCUT2D eigenvalue weighted by Crippen LogP contribution is 2.33. The number of ether oxygens (including phenoxy) is 1. The summed E-state index contributed by atoms with van der Waals surface area (Å²) < 4.78 is 5.77. The monoisotopic (exact) mass is 269 g/mol. The lowest BCUT2D eigenvalue weighted by atomic mass is 9.97. The van der Waals surface area contributed by atoms with E-state index < -0.39 is 0 Å². The van der Waals surface area contributed by atoms with Crippen LogP contribution in [0.3, 0.4) is 0 Å². The molecule has 2 nitrogen and oxygen atoms in total. The molecule has 1 aromatic rings. The first-order valence-corrected chi connectivity index (χ1v) is 7.02. The summed E-state index contributed by atoms with van der Waals surface area (Å²) in [6, 6.07) is 2.23. The van der Waals surface area contributed by atoms with Crippen LogP contribution in [0.4, 0.5) is 0 Å². The number of nitrogens with two attached hydrogens (primary N) is 1. The van der Waals surface area contributed by atoms with Crippen LogP contribution in [-0.4, -0.2) is 12.6 Å². The predicted octanol–water partition coefficient (Wildman–Crippen LogP) is 4.03. The molecule has 102 valence electrons. The van der Waals surface area contributed by atoms with Crippen molar-refractivity contribution in [3.8, 4) is 5.75 Å². The zero-order valence-corrected chi connectivity index (χ0v) is 12.6. The second-order valence-corrected chi connectivity index (χ2v) is 5.32. The van der Waals surface area contributed by atoms with Crippen molar-refractivity contribution in [3.05, 3.63) is 27.8 Å². The zero-order chi connectivity index (χ0) is 13.7. The first-order chi connectivity index (χ1) is 8.47. The van der Waals surface area contributed by atoms with Gasteiger partial charge in [-0.2, -0.15) is 0 Å². The maximum absolute atomic E-state index is 6.25.